The van der Waals surface area contributed by atoms with Crippen LogP contribution in [0.4, 0.5) is 11.4 Å². The molecule has 0 bridgehead atoms. The third-order valence-electron chi connectivity index (χ3n) is 12.5. The molecule has 1 heterocycles. The second-order valence-electron chi connectivity index (χ2n) is 15.6. The molecule has 1 aromatic heterocycles. The van der Waals surface area contributed by atoms with Crippen molar-refractivity contribution in [3.63, 3.8) is 0 Å². The lowest BCUT2D eigenvalue weighted by Gasteiger charge is -2.31. The van der Waals surface area contributed by atoms with Gasteiger partial charge >= 0.3 is 0 Å². The first-order chi connectivity index (χ1) is 28.7. The molecule has 0 unspecified atom stereocenters. The van der Waals surface area contributed by atoms with E-state index in [1.165, 1.54) is 98.3 Å². The van der Waals surface area contributed by atoms with Gasteiger partial charge in [0.25, 0.3) is 0 Å². The van der Waals surface area contributed by atoms with E-state index in [0.717, 1.165) is 12.8 Å². The molecule has 3 aliphatic carbocycles. The van der Waals surface area contributed by atoms with E-state index in [2.05, 4.69) is 218 Å². The van der Waals surface area contributed by atoms with Crippen molar-refractivity contribution in [1.82, 2.24) is 0 Å². The molecule has 9 aromatic rings. The molecule has 0 saturated carbocycles. The largest absolute Gasteiger partial charge is 0.345 e. The van der Waals surface area contributed by atoms with Crippen molar-refractivity contribution in [3.05, 3.63) is 234 Å². The van der Waals surface area contributed by atoms with E-state index in [1.807, 2.05) is 11.3 Å². The smallest absolute Gasteiger partial charge is 0.0726 e. The predicted octanol–water partition coefficient (Wildman–Crippen LogP) is 15.3. The maximum absolute atomic E-state index is 2.43. The fourth-order valence-corrected chi connectivity index (χ4v) is 10.9. The van der Waals surface area contributed by atoms with Crippen LogP contribution in [0.1, 0.15) is 40.7 Å². The second-order valence-corrected chi connectivity index (χ2v) is 16.6. The van der Waals surface area contributed by atoms with Crippen LogP contribution < -0.4 is 4.90 Å². The minimum absolute atomic E-state index is 0.312. The van der Waals surface area contributed by atoms with Crippen molar-refractivity contribution in [3.8, 4) is 33.4 Å². The van der Waals surface area contributed by atoms with Crippen LogP contribution in [0.5, 0.6) is 0 Å². The summed E-state index contributed by atoms with van der Waals surface area (Å²) in [5.74, 6) is 0. The Kier molecular flexibility index (Phi) is 8.34. The maximum Gasteiger partial charge on any atom is 0.0726 e. The lowest BCUT2D eigenvalue weighted by Crippen LogP contribution is -2.26. The number of fused-ring (bicyclic) bond motifs is 13. The molecular formula is C56H41NS. The number of hydrogen-bond acceptors (Lipinski definition) is 2. The molecule has 0 atom stereocenters. The highest BCUT2D eigenvalue weighted by molar-refractivity contribution is 7.25. The van der Waals surface area contributed by atoms with E-state index in [9.17, 15) is 0 Å². The van der Waals surface area contributed by atoms with Crippen LogP contribution in [0, 0.1) is 0 Å². The Balaban J connectivity index is 0.000000169. The molecule has 276 valence electrons. The minimum atomic E-state index is -0.312. The van der Waals surface area contributed by atoms with E-state index in [1.54, 1.807) is 0 Å². The lowest BCUT2D eigenvalue weighted by atomic mass is 9.70. The van der Waals surface area contributed by atoms with Crippen molar-refractivity contribution >= 4 is 48.5 Å². The highest BCUT2D eigenvalue weighted by Crippen LogP contribution is 2.63. The van der Waals surface area contributed by atoms with Gasteiger partial charge in [0.1, 0.15) is 0 Å². The van der Waals surface area contributed by atoms with Crippen LogP contribution in [-0.2, 0) is 5.41 Å². The van der Waals surface area contributed by atoms with E-state index >= 15 is 0 Å². The molecule has 0 N–H and O–H groups in total. The Morgan fingerprint density at radius 2 is 1.00 bits per heavy atom. The van der Waals surface area contributed by atoms with E-state index in [0.29, 0.717) is 0 Å². The van der Waals surface area contributed by atoms with Gasteiger partial charge in [0.2, 0.25) is 0 Å². The van der Waals surface area contributed by atoms with Gasteiger partial charge in [-0.05, 0) is 116 Å². The number of allylic oxidation sites excluding steroid dienone is 4. The zero-order valence-corrected chi connectivity index (χ0v) is 33.2. The third-order valence-corrected chi connectivity index (χ3v) is 13.6. The van der Waals surface area contributed by atoms with Gasteiger partial charge in [-0.15, -0.1) is 11.3 Å². The molecule has 8 aromatic carbocycles. The number of thiophene rings is 1. The van der Waals surface area contributed by atoms with Crippen molar-refractivity contribution in [2.45, 2.75) is 18.3 Å². The summed E-state index contributed by atoms with van der Waals surface area (Å²) in [5.41, 5.74) is 18.2. The van der Waals surface area contributed by atoms with Gasteiger partial charge in [0, 0.05) is 38.6 Å². The van der Waals surface area contributed by atoms with Gasteiger partial charge in [-0.2, -0.15) is 0 Å². The lowest BCUT2D eigenvalue weighted by molar-refractivity contribution is 0.793. The molecule has 1 spiro atoms. The fraction of sp³-hybridized carbons (Fsp3) is 0.0714. The Hall–Kier alpha value is -6.74. The first-order valence-electron chi connectivity index (χ1n) is 20.3. The van der Waals surface area contributed by atoms with Crippen molar-refractivity contribution < 1.29 is 0 Å². The number of nitrogens with zero attached hydrogens (tertiary/aromatic N) is 1. The highest BCUT2D eigenvalue weighted by atomic mass is 32.1. The average molecular weight is 760 g/mol. The fourth-order valence-electron chi connectivity index (χ4n) is 9.72. The van der Waals surface area contributed by atoms with Gasteiger partial charge in [-0.3, -0.25) is 0 Å². The zero-order chi connectivity index (χ0) is 38.6. The summed E-state index contributed by atoms with van der Waals surface area (Å²) in [6.07, 6.45) is 8.98. The predicted molar refractivity (Wildman–Crippen MR) is 248 cm³/mol. The first-order valence-corrected chi connectivity index (χ1v) is 21.1. The Bertz CT molecular complexity index is 3010. The van der Waals surface area contributed by atoms with Crippen LogP contribution >= 0.6 is 11.3 Å². The van der Waals surface area contributed by atoms with Crippen LogP contribution in [0.25, 0.3) is 59.1 Å². The molecule has 1 nitrogen and oxygen atoms in total. The van der Waals surface area contributed by atoms with Crippen LogP contribution in [0.3, 0.4) is 0 Å². The van der Waals surface area contributed by atoms with Crippen LogP contribution in [0.2, 0.25) is 0 Å². The summed E-state index contributed by atoms with van der Waals surface area (Å²) in [6, 6.07) is 69.0. The van der Waals surface area contributed by atoms with Gasteiger partial charge in [0.05, 0.1) is 5.41 Å². The Labute approximate surface area is 344 Å². The molecule has 0 saturated heterocycles. The molecule has 58 heavy (non-hydrogen) atoms. The quantitative estimate of drug-likeness (QED) is 0.173. The summed E-state index contributed by atoms with van der Waals surface area (Å²) < 4.78 is 2.78. The maximum atomic E-state index is 2.43. The minimum Gasteiger partial charge on any atom is -0.345 e. The summed E-state index contributed by atoms with van der Waals surface area (Å²) in [6.45, 7) is 0. The second kappa shape index (κ2) is 14.0. The molecular weight excluding hydrogens is 719 g/mol. The van der Waals surface area contributed by atoms with Gasteiger partial charge in [0.15, 0.2) is 0 Å². The Morgan fingerprint density at radius 1 is 0.448 bits per heavy atom. The molecule has 2 heteroatoms. The zero-order valence-electron chi connectivity index (χ0n) is 32.4. The van der Waals surface area contributed by atoms with E-state index < -0.39 is 0 Å². The Morgan fingerprint density at radius 3 is 1.67 bits per heavy atom. The molecule has 0 fully saturated rings. The molecule has 0 amide bonds. The summed E-state index contributed by atoms with van der Waals surface area (Å²) in [4.78, 5) is 2.30. The third kappa shape index (κ3) is 5.44. The van der Waals surface area contributed by atoms with Crippen LogP contribution in [-0.4, -0.2) is 7.05 Å². The first kappa shape index (κ1) is 34.5. The summed E-state index contributed by atoms with van der Waals surface area (Å²) in [5, 5.41) is 2.77. The van der Waals surface area contributed by atoms with E-state index in [-0.39, 0.29) is 5.41 Å². The SMILES string of the molecule is C1=CCCC(c2ccc3c(c2)sc2ccccc23)=C1.CN(c1ccc(-c2ccccc2)cc1)c1ccc2c(c1)C1(c3ccccc3-c3ccccc31)c1ccccc1-2. The highest BCUT2D eigenvalue weighted by Gasteiger charge is 2.51. The van der Waals surface area contributed by atoms with Gasteiger partial charge < -0.3 is 4.90 Å². The van der Waals surface area contributed by atoms with Gasteiger partial charge in [-0.25, -0.2) is 0 Å². The summed E-state index contributed by atoms with van der Waals surface area (Å²) in [7, 11) is 2.17. The number of rotatable bonds is 4. The van der Waals surface area contributed by atoms with Crippen molar-refractivity contribution in [2.75, 3.05) is 11.9 Å². The van der Waals surface area contributed by atoms with E-state index in [4.69, 9.17) is 0 Å². The van der Waals surface area contributed by atoms with Crippen molar-refractivity contribution in [1.29, 1.82) is 0 Å². The van der Waals surface area contributed by atoms with Crippen molar-refractivity contribution in [2.24, 2.45) is 0 Å². The van der Waals surface area contributed by atoms with Gasteiger partial charge in [-0.1, -0.05) is 170 Å². The number of hydrogen-bond donors (Lipinski definition) is 0. The number of anilines is 2. The van der Waals surface area contributed by atoms with Crippen LogP contribution in [0.15, 0.2) is 206 Å². The molecule has 0 radical (unpaired) electrons. The average Bonchev–Trinajstić information content (AvgIpc) is 3.93. The molecule has 0 aliphatic heterocycles. The topological polar surface area (TPSA) is 3.24 Å². The summed E-state index contributed by atoms with van der Waals surface area (Å²) >= 11 is 1.89. The normalized spacial score (nSPS) is 14.0. The number of benzene rings is 8. The molecule has 12 rings (SSSR count). The molecule has 3 aliphatic rings. The standard InChI is InChI=1S/C38H27N.C18H14S/c1-39(28-21-19-27(20-22-28)26-11-3-2-4-12-26)29-23-24-33-32-15-7-10-18-36(32)38(37(33)25-29)34-16-8-5-13-30(34)31-14-6-9-17-35(31)38;1-2-6-13(7-3-1)14-10-11-16-15-8-4-5-9-17(15)19-18(16)12-14/h2-25H,1H3;1-2,4-6,8-12H,3,7H2. The monoisotopic (exact) mass is 759 g/mol.